The molecule has 2 rings (SSSR count). The Bertz CT molecular complexity index is 441. The summed E-state index contributed by atoms with van der Waals surface area (Å²) in [5.74, 6) is 0.721. The summed E-state index contributed by atoms with van der Waals surface area (Å²) in [4.78, 5) is 14.6. The molecule has 1 aromatic rings. The maximum Gasteiger partial charge on any atom is 0.227 e. The van der Waals surface area contributed by atoms with Gasteiger partial charge in [-0.05, 0) is 44.7 Å². The number of aryl methyl sites for hydroxylation is 1. The second kappa shape index (κ2) is 6.89. The summed E-state index contributed by atoms with van der Waals surface area (Å²) in [6, 6.07) is 8.59. The fourth-order valence-electron chi connectivity index (χ4n) is 3.28. The van der Waals surface area contributed by atoms with E-state index >= 15 is 0 Å². The zero-order chi connectivity index (χ0) is 14.5. The number of hydrogen-bond donors (Lipinski definition) is 1. The van der Waals surface area contributed by atoms with Gasteiger partial charge in [0.15, 0.2) is 0 Å². The van der Waals surface area contributed by atoms with E-state index in [2.05, 4.69) is 38.1 Å². The Morgan fingerprint density at radius 3 is 2.60 bits per heavy atom. The maximum absolute atomic E-state index is 12.6. The lowest BCUT2D eigenvalue weighted by molar-refractivity contribution is -0.133. The van der Waals surface area contributed by atoms with Crippen LogP contribution in [-0.2, 0) is 11.2 Å². The minimum Gasteiger partial charge on any atom is -0.339 e. The van der Waals surface area contributed by atoms with Crippen molar-refractivity contribution >= 4 is 5.91 Å². The number of nitrogens with zero attached hydrogens (tertiary/aromatic N) is 1. The molecule has 2 atom stereocenters. The molecule has 20 heavy (non-hydrogen) atoms. The predicted octanol–water partition coefficient (Wildman–Crippen LogP) is 2.51. The number of hydrogen-bond acceptors (Lipinski definition) is 2. The highest BCUT2D eigenvalue weighted by atomic mass is 16.2. The molecule has 1 saturated carbocycles. The van der Waals surface area contributed by atoms with E-state index in [0.717, 1.165) is 24.9 Å². The predicted molar refractivity (Wildman–Crippen MR) is 82.5 cm³/mol. The van der Waals surface area contributed by atoms with Crippen molar-refractivity contribution in [2.75, 3.05) is 13.1 Å². The molecule has 2 N–H and O–H groups in total. The zero-order valence-electron chi connectivity index (χ0n) is 12.6. The molecule has 1 fully saturated rings. The van der Waals surface area contributed by atoms with Crippen LogP contribution in [-0.4, -0.2) is 29.9 Å². The van der Waals surface area contributed by atoms with Crippen molar-refractivity contribution in [1.82, 2.24) is 4.90 Å². The molecule has 1 aliphatic rings. The highest BCUT2D eigenvalue weighted by molar-refractivity contribution is 5.79. The molecule has 3 heteroatoms. The molecular weight excluding hydrogens is 248 g/mol. The number of nitrogens with two attached hydrogens (primary N) is 1. The normalized spacial score (nSPS) is 21.9. The van der Waals surface area contributed by atoms with Crippen LogP contribution in [0.5, 0.6) is 0 Å². The van der Waals surface area contributed by atoms with E-state index in [1.807, 2.05) is 4.90 Å². The van der Waals surface area contributed by atoms with E-state index < -0.39 is 0 Å². The molecule has 0 radical (unpaired) electrons. The number of carbonyl (C=O) groups excluding carboxylic acids is 1. The van der Waals surface area contributed by atoms with Gasteiger partial charge in [0.1, 0.15) is 0 Å². The van der Waals surface area contributed by atoms with Crippen molar-refractivity contribution in [1.29, 1.82) is 0 Å². The summed E-state index contributed by atoms with van der Waals surface area (Å²) in [5.41, 5.74) is 8.18. The molecule has 3 nitrogen and oxygen atoms in total. The zero-order valence-corrected chi connectivity index (χ0v) is 12.6. The SMILES string of the molecule is CCN(C(=O)Cc1ccc(C)cc1)C1CCCC1CN. The first-order chi connectivity index (χ1) is 9.65. The molecule has 1 aromatic carbocycles. The second-order valence-corrected chi connectivity index (χ2v) is 5.84. The maximum atomic E-state index is 12.6. The minimum atomic E-state index is 0.238. The van der Waals surface area contributed by atoms with Crippen LogP contribution >= 0.6 is 0 Å². The van der Waals surface area contributed by atoms with Crippen LogP contribution in [0.1, 0.15) is 37.3 Å². The third-order valence-electron chi connectivity index (χ3n) is 4.46. The summed E-state index contributed by atoms with van der Waals surface area (Å²) >= 11 is 0. The third-order valence-corrected chi connectivity index (χ3v) is 4.46. The van der Waals surface area contributed by atoms with E-state index in [9.17, 15) is 4.79 Å². The minimum absolute atomic E-state index is 0.238. The molecule has 0 bridgehead atoms. The van der Waals surface area contributed by atoms with Crippen molar-refractivity contribution in [3.63, 3.8) is 0 Å². The Morgan fingerprint density at radius 1 is 1.30 bits per heavy atom. The Balaban J connectivity index is 2.03. The quantitative estimate of drug-likeness (QED) is 0.896. The van der Waals surface area contributed by atoms with Gasteiger partial charge >= 0.3 is 0 Å². The van der Waals surface area contributed by atoms with Gasteiger partial charge in [0, 0.05) is 12.6 Å². The number of likely N-dealkylation sites (N-methyl/N-ethyl adjacent to an activating group) is 1. The topological polar surface area (TPSA) is 46.3 Å². The molecule has 1 aliphatic carbocycles. The summed E-state index contributed by atoms with van der Waals surface area (Å²) in [5, 5.41) is 0. The van der Waals surface area contributed by atoms with Crippen molar-refractivity contribution < 1.29 is 4.79 Å². The largest absolute Gasteiger partial charge is 0.339 e. The van der Waals surface area contributed by atoms with Gasteiger partial charge < -0.3 is 10.6 Å². The van der Waals surface area contributed by atoms with Crippen LogP contribution < -0.4 is 5.73 Å². The average Bonchev–Trinajstić information content (AvgIpc) is 2.90. The lowest BCUT2D eigenvalue weighted by Gasteiger charge is -2.32. The average molecular weight is 274 g/mol. The number of carbonyl (C=O) groups is 1. The van der Waals surface area contributed by atoms with Crippen LogP contribution in [0.2, 0.25) is 0 Å². The van der Waals surface area contributed by atoms with Gasteiger partial charge in [-0.1, -0.05) is 36.2 Å². The molecule has 2 unspecified atom stereocenters. The van der Waals surface area contributed by atoms with Gasteiger partial charge in [-0.15, -0.1) is 0 Å². The molecule has 110 valence electrons. The molecule has 0 heterocycles. The Kier molecular flexibility index (Phi) is 5.18. The summed E-state index contributed by atoms with van der Waals surface area (Å²) in [6.07, 6.45) is 3.97. The first kappa shape index (κ1) is 15.0. The van der Waals surface area contributed by atoms with E-state index in [0.29, 0.717) is 24.9 Å². The van der Waals surface area contributed by atoms with E-state index in [4.69, 9.17) is 5.73 Å². The van der Waals surface area contributed by atoms with Crippen LogP contribution in [0.25, 0.3) is 0 Å². The standard InChI is InChI=1S/C17H26N2O/c1-3-19(16-6-4-5-15(16)12-18)17(20)11-14-9-7-13(2)8-10-14/h7-10,15-16H,3-6,11-12,18H2,1-2H3. The molecular formula is C17H26N2O. The first-order valence-corrected chi connectivity index (χ1v) is 7.70. The fraction of sp³-hybridized carbons (Fsp3) is 0.588. The van der Waals surface area contributed by atoms with Crippen LogP contribution in [0.15, 0.2) is 24.3 Å². The number of amides is 1. The number of benzene rings is 1. The van der Waals surface area contributed by atoms with E-state index in [1.54, 1.807) is 0 Å². The van der Waals surface area contributed by atoms with Gasteiger partial charge in [0.05, 0.1) is 6.42 Å². The van der Waals surface area contributed by atoms with Crippen LogP contribution in [0, 0.1) is 12.8 Å². The van der Waals surface area contributed by atoms with Crippen molar-refractivity contribution in [2.24, 2.45) is 11.7 Å². The van der Waals surface area contributed by atoms with Crippen LogP contribution in [0.4, 0.5) is 0 Å². The van der Waals surface area contributed by atoms with Gasteiger partial charge in [0.25, 0.3) is 0 Å². The third kappa shape index (κ3) is 3.40. The van der Waals surface area contributed by atoms with Crippen molar-refractivity contribution in [3.8, 4) is 0 Å². The summed E-state index contributed by atoms with van der Waals surface area (Å²) < 4.78 is 0. The molecule has 1 amide bonds. The van der Waals surface area contributed by atoms with Crippen molar-refractivity contribution in [2.45, 2.75) is 45.6 Å². The lowest BCUT2D eigenvalue weighted by atomic mass is 10.0. The summed E-state index contributed by atoms with van der Waals surface area (Å²) in [6.45, 7) is 5.61. The van der Waals surface area contributed by atoms with Gasteiger partial charge in [-0.2, -0.15) is 0 Å². The van der Waals surface area contributed by atoms with Gasteiger partial charge in [-0.25, -0.2) is 0 Å². The smallest absolute Gasteiger partial charge is 0.227 e. The second-order valence-electron chi connectivity index (χ2n) is 5.84. The Hall–Kier alpha value is -1.35. The summed E-state index contributed by atoms with van der Waals surface area (Å²) in [7, 11) is 0. The molecule has 0 spiro atoms. The highest BCUT2D eigenvalue weighted by Gasteiger charge is 2.32. The molecule has 0 aromatic heterocycles. The monoisotopic (exact) mass is 274 g/mol. The lowest BCUT2D eigenvalue weighted by Crippen LogP contribution is -2.44. The molecule has 0 aliphatic heterocycles. The molecule has 0 saturated heterocycles. The fourth-order valence-corrected chi connectivity index (χ4v) is 3.28. The van der Waals surface area contributed by atoms with Crippen LogP contribution in [0.3, 0.4) is 0 Å². The van der Waals surface area contributed by atoms with Gasteiger partial charge in [-0.3, -0.25) is 4.79 Å². The first-order valence-electron chi connectivity index (χ1n) is 7.70. The van der Waals surface area contributed by atoms with E-state index in [-0.39, 0.29) is 5.91 Å². The Morgan fingerprint density at radius 2 is 2.00 bits per heavy atom. The van der Waals surface area contributed by atoms with Crippen molar-refractivity contribution in [3.05, 3.63) is 35.4 Å². The van der Waals surface area contributed by atoms with Gasteiger partial charge in [0.2, 0.25) is 5.91 Å². The number of rotatable bonds is 5. The van der Waals surface area contributed by atoms with E-state index in [1.165, 1.54) is 12.0 Å². The Labute approximate surface area is 122 Å². The highest BCUT2D eigenvalue weighted by Crippen LogP contribution is 2.29.